The summed E-state index contributed by atoms with van der Waals surface area (Å²) >= 11 is 0. The van der Waals surface area contributed by atoms with Crippen LogP contribution in [-0.2, 0) is 6.54 Å². The number of nitrogens with one attached hydrogen (secondary N) is 1. The Morgan fingerprint density at radius 1 is 1.25 bits per heavy atom. The number of pyridine rings is 2. The van der Waals surface area contributed by atoms with E-state index in [2.05, 4.69) is 20.5 Å². The number of carbonyl (C=O) groups excluding carboxylic acids is 1. The third-order valence-corrected chi connectivity index (χ3v) is 2.96. The van der Waals surface area contributed by atoms with Crippen LogP contribution in [0.15, 0.2) is 42.7 Å². The van der Waals surface area contributed by atoms with E-state index >= 15 is 0 Å². The molecule has 0 aliphatic carbocycles. The molecule has 0 radical (unpaired) electrons. The minimum atomic E-state index is -0.176. The summed E-state index contributed by atoms with van der Waals surface area (Å²) in [5, 5.41) is 10.9. The van der Waals surface area contributed by atoms with Crippen LogP contribution in [0.5, 0.6) is 0 Å². The number of nitrogens with zero attached hydrogens (tertiary/aromatic N) is 4. The highest BCUT2D eigenvalue weighted by atomic mass is 16.1. The molecule has 3 aromatic rings. The smallest absolute Gasteiger partial charge is 0.253 e. The molecule has 6 heteroatoms. The van der Waals surface area contributed by atoms with Gasteiger partial charge < -0.3 is 5.32 Å². The van der Waals surface area contributed by atoms with Crippen molar-refractivity contribution < 1.29 is 4.79 Å². The fourth-order valence-electron chi connectivity index (χ4n) is 1.87. The lowest BCUT2D eigenvalue weighted by Gasteiger charge is -2.04. The molecule has 0 aliphatic rings. The molecule has 0 bridgehead atoms. The van der Waals surface area contributed by atoms with Crippen LogP contribution in [0.2, 0.25) is 0 Å². The highest BCUT2D eigenvalue weighted by Crippen LogP contribution is 2.03. The maximum Gasteiger partial charge on any atom is 0.253 e. The van der Waals surface area contributed by atoms with E-state index in [4.69, 9.17) is 0 Å². The van der Waals surface area contributed by atoms with Gasteiger partial charge in [0.15, 0.2) is 11.5 Å². The van der Waals surface area contributed by atoms with E-state index in [1.165, 1.54) is 0 Å². The molecule has 3 heterocycles. The van der Waals surface area contributed by atoms with Crippen molar-refractivity contribution in [2.24, 2.45) is 0 Å². The first kappa shape index (κ1) is 12.3. The van der Waals surface area contributed by atoms with Crippen LogP contribution in [0, 0.1) is 6.92 Å². The summed E-state index contributed by atoms with van der Waals surface area (Å²) < 4.78 is 1.84. The van der Waals surface area contributed by atoms with Crippen molar-refractivity contribution in [1.29, 1.82) is 0 Å². The number of amides is 1. The fourth-order valence-corrected chi connectivity index (χ4v) is 1.87. The van der Waals surface area contributed by atoms with Crippen LogP contribution >= 0.6 is 0 Å². The molecule has 0 aromatic carbocycles. The van der Waals surface area contributed by atoms with Gasteiger partial charge in [-0.05, 0) is 31.2 Å². The predicted octanol–water partition coefficient (Wildman–Crippen LogP) is 1.36. The molecular formula is C14H13N5O. The van der Waals surface area contributed by atoms with E-state index in [0.717, 1.165) is 11.3 Å². The minimum Gasteiger partial charge on any atom is -0.345 e. The van der Waals surface area contributed by atoms with Crippen LogP contribution in [0.1, 0.15) is 21.9 Å². The van der Waals surface area contributed by atoms with E-state index in [-0.39, 0.29) is 5.91 Å². The van der Waals surface area contributed by atoms with Gasteiger partial charge in [0.25, 0.3) is 5.91 Å². The van der Waals surface area contributed by atoms with Gasteiger partial charge in [0.1, 0.15) is 0 Å². The summed E-state index contributed by atoms with van der Waals surface area (Å²) in [6.45, 7) is 2.20. The van der Waals surface area contributed by atoms with Gasteiger partial charge in [0.05, 0.1) is 12.1 Å². The van der Waals surface area contributed by atoms with E-state index in [9.17, 15) is 4.79 Å². The molecule has 0 spiro atoms. The summed E-state index contributed by atoms with van der Waals surface area (Å²) in [7, 11) is 0. The van der Waals surface area contributed by atoms with Crippen molar-refractivity contribution in [2.45, 2.75) is 13.5 Å². The van der Waals surface area contributed by atoms with Gasteiger partial charge in [-0.1, -0.05) is 6.07 Å². The number of hydrogen-bond donors (Lipinski definition) is 1. The first-order chi connectivity index (χ1) is 9.74. The standard InChI is InChI=1S/C14H13N5O/c1-10-5-6-11(8-15-10)14(20)16-9-13-18-17-12-4-2-3-7-19(12)13/h2-8H,9H2,1H3,(H,16,20). The molecule has 6 nitrogen and oxygen atoms in total. The molecule has 0 aliphatic heterocycles. The molecule has 0 atom stereocenters. The normalized spacial score (nSPS) is 10.7. The van der Waals surface area contributed by atoms with Crippen molar-refractivity contribution in [3.8, 4) is 0 Å². The molecule has 20 heavy (non-hydrogen) atoms. The van der Waals surface area contributed by atoms with Crippen molar-refractivity contribution in [3.05, 3.63) is 59.8 Å². The highest BCUT2D eigenvalue weighted by Gasteiger charge is 2.08. The zero-order chi connectivity index (χ0) is 13.9. The maximum absolute atomic E-state index is 12.0. The quantitative estimate of drug-likeness (QED) is 0.777. The zero-order valence-electron chi connectivity index (χ0n) is 10.9. The monoisotopic (exact) mass is 267 g/mol. The van der Waals surface area contributed by atoms with E-state index in [1.54, 1.807) is 18.3 Å². The van der Waals surface area contributed by atoms with Crippen molar-refractivity contribution in [1.82, 2.24) is 24.9 Å². The van der Waals surface area contributed by atoms with E-state index in [0.29, 0.717) is 17.9 Å². The summed E-state index contributed by atoms with van der Waals surface area (Å²) in [6.07, 6.45) is 3.43. The Hall–Kier alpha value is -2.76. The van der Waals surface area contributed by atoms with Gasteiger partial charge >= 0.3 is 0 Å². The van der Waals surface area contributed by atoms with Crippen LogP contribution < -0.4 is 5.32 Å². The molecular weight excluding hydrogens is 254 g/mol. The molecule has 1 N–H and O–H groups in total. The topological polar surface area (TPSA) is 72.2 Å². The lowest BCUT2D eigenvalue weighted by molar-refractivity contribution is 0.0949. The molecule has 1 amide bonds. The second-order valence-corrected chi connectivity index (χ2v) is 4.42. The molecule has 3 aromatic heterocycles. The Morgan fingerprint density at radius 2 is 2.15 bits per heavy atom. The summed E-state index contributed by atoms with van der Waals surface area (Å²) in [4.78, 5) is 16.1. The first-order valence-corrected chi connectivity index (χ1v) is 6.23. The number of hydrogen-bond acceptors (Lipinski definition) is 4. The second kappa shape index (κ2) is 5.08. The van der Waals surface area contributed by atoms with Crippen molar-refractivity contribution >= 4 is 11.6 Å². The van der Waals surface area contributed by atoms with Gasteiger partial charge in [-0.3, -0.25) is 14.2 Å². The van der Waals surface area contributed by atoms with Crippen LogP contribution in [-0.4, -0.2) is 25.5 Å². The highest BCUT2D eigenvalue weighted by molar-refractivity contribution is 5.93. The van der Waals surface area contributed by atoms with Gasteiger partial charge in [-0.2, -0.15) is 0 Å². The Balaban J connectivity index is 1.73. The molecule has 0 unspecified atom stereocenters. The Morgan fingerprint density at radius 3 is 2.95 bits per heavy atom. The molecule has 0 fully saturated rings. The number of carbonyl (C=O) groups is 1. The lowest BCUT2D eigenvalue weighted by Crippen LogP contribution is -2.24. The van der Waals surface area contributed by atoms with Crippen LogP contribution in [0.3, 0.4) is 0 Å². The lowest BCUT2D eigenvalue weighted by atomic mass is 10.2. The molecule has 0 saturated heterocycles. The predicted molar refractivity (Wildman–Crippen MR) is 73.1 cm³/mol. The third kappa shape index (κ3) is 2.35. The van der Waals surface area contributed by atoms with Gasteiger partial charge in [0.2, 0.25) is 0 Å². The zero-order valence-corrected chi connectivity index (χ0v) is 10.9. The fraction of sp³-hybridized carbons (Fsp3) is 0.143. The molecule has 100 valence electrons. The van der Waals surface area contributed by atoms with E-state index in [1.807, 2.05) is 35.7 Å². The van der Waals surface area contributed by atoms with Crippen molar-refractivity contribution in [3.63, 3.8) is 0 Å². The average molecular weight is 267 g/mol. The molecule has 3 rings (SSSR count). The number of fused-ring (bicyclic) bond motifs is 1. The number of rotatable bonds is 3. The minimum absolute atomic E-state index is 0.176. The number of aryl methyl sites for hydroxylation is 1. The SMILES string of the molecule is Cc1ccc(C(=O)NCc2nnc3ccccn23)cn1. The second-order valence-electron chi connectivity index (χ2n) is 4.42. The van der Waals surface area contributed by atoms with Crippen LogP contribution in [0.4, 0.5) is 0 Å². The van der Waals surface area contributed by atoms with Gasteiger partial charge in [-0.25, -0.2) is 0 Å². The maximum atomic E-state index is 12.0. The van der Waals surface area contributed by atoms with Gasteiger partial charge in [0, 0.05) is 18.1 Å². The van der Waals surface area contributed by atoms with E-state index < -0.39 is 0 Å². The van der Waals surface area contributed by atoms with Crippen molar-refractivity contribution in [2.75, 3.05) is 0 Å². The average Bonchev–Trinajstić information content (AvgIpc) is 2.89. The van der Waals surface area contributed by atoms with Crippen LogP contribution in [0.25, 0.3) is 5.65 Å². The summed E-state index contributed by atoms with van der Waals surface area (Å²) in [5.41, 5.74) is 2.17. The largest absolute Gasteiger partial charge is 0.345 e. The Labute approximate surface area is 115 Å². The van der Waals surface area contributed by atoms with Gasteiger partial charge in [-0.15, -0.1) is 10.2 Å². The summed E-state index contributed by atoms with van der Waals surface area (Å²) in [6, 6.07) is 9.21. The first-order valence-electron chi connectivity index (χ1n) is 6.23. The number of aromatic nitrogens is 4. The Kier molecular flexibility index (Phi) is 3.12. The summed E-state index contributed by atoms with van der Waals surface area (Å²) in [5.74, 6) is 0.513. The Bertz CT molecular complexity index is 748. The molecule has 0 saturated carbocycles. The third-order valence-electron chi connectivity index (χ3n) is 2.96.